The lowest BCUT2D eigenvalue weighted by atomic mass is 10.1. The van der Waals surface area contributed by atoms with Crippen molar-refractivity contribution in [3.63, 3.8) is 0 Å². The fourth-order valence-electron chi connectivity index (χ4n) is 4.48. The van der Waals surface area contributed by atoms with Gasteiger partial charge in [0.2, 0.25) is 0 Å². The summed E-state index contributed by atoms with van der Waals surface area (Å²) >= 11 is 0. The molecule has 3 aromatic heterocycles. The third kappa shape index (κ3) is 5.51. The highest BCUT2D eigenvalue weighted by atomic mass is 19.1. The van der Waals surface area contributed by atoms with Crippen molar-refractivity contribution in [1.82, 2.24) is 34.7 Å². The Labute approximate surface area is 213 Å². The molecular formula is C26H29FN8O2. The number of likely N-dealkylation sites (tertiary alicyclic amines) is 1. The van der Waals surface area contributed by atoms with Crippen LogP contribution in [0.25, 0.3) is 22.6 Å². The van der Waals surface area contributed by atoms with E-state index in [4.69, 9.17) is 10.5 Å². The number of carbonyl (C=O) groups excluding carboxylic acids is 1. The number of ether oxygens (including phenoxy) is 1. The SMILES string of the molecule is CCOc1nc(N)c2nc(-c3cncc(F)c3)n(Cc3ccc(C(=O)NCCN4CCCC4)cc3)c2n1. The number of hydrogen-bond donors (Lipinski definition) is 2. The molecule has 11 heteroatoms. The number of anilines is 1. The van der Waals surface area contributed by atoms with E-state index in [-0.39, 0.29) is 17.7 Å². The Balaban J connectivity index is 1.41. The highest BCUT2D eigenvalue weighted by Crippen LogP contribution is 2.28. The zero-order valence-corrected chi connectivity index (χ0v) is 20.7. The standard InChI is InChI=1S/C26H29FN8O2/c1-2-37-26-32-22(28)21-24(33-26)35(23(31-21)19-13-20(27)15-29-14-19)16-17-5-7-18(8-6-17)25(36)30-9-12-34-10-3-4-11-34/h5-8,13-15H,2-4,9-12,16H2,1H3,(H,30,36)(H2,28,32,33). The van der Waals surface area contributed by atoms with Gasteiger partial charge in [-0.15, -0.1) is 0 Å². The first-order valence-corrected chi connectivity index (χ1v) is 12.4. The zero-order chi connectivity index (χ0) is 25.8. The van der Waals surface area contributed by atoms with Crippen LogP contribution in [0.4, 0.5) is 10.2 Å². The highest BCUT2D eigenvalue weighted by molar-refractivity contribution is 5.94. The van der Waals surface area contributed by atoms with Crippen LogP contribution in [0.2, 0.25) is 0 Å². The molecule has 0 spiro atoms. The van der Waals surface area contributed by atoms with E-state index < -0.39 is 5.82 Å². The Morgan fingerprint density at radius 3 is 2.65 bits per heavy atom. The van der Waals surface area contributed by atoms with Crippen molar-refractivity contribution >= 4 is 22.9 Å². The first-order chi connectivity index (χ1) is 18.0. The molecule has 4 aromatic rings. The van der Waals surface area contributed by atoms with Crippen LogP contribution in [-0.4, -0.2) is 68.1 Å². The molecule has 37 heavy (non-hydrogen) atoms. The summed E-state index contributed by atoms with van der Waals surface area (Å²) in [6, 6.07) is 8.83. The minimum atomic E-state index is -0.481. The minimum absolute atomic E-state index is 0.104. The average molecular weight is 505 g/mol. The molecule has 1 amide bonds. The zero-order valence-electron chi connectivity index (χ0n) is 20.7. The molecule has 1 aromatic carbocycles. The number of nitrogens with zero attached hydrogens (tertiary/aromatic N) is 6. The fraction of sp³-hybridized carbons (Fsp3) is 0.346. The topological polar surface area (TPSA) is 124 Å². The largest absolute Gasteiger partial charge is 0.464 e. The number of pyridine rings is 1. The van der Waals surface area contributed by atoms with E-state index in [0.717, 1.165) is 31.4 Å². The van der Waals surface area contributed by atoms with Crippen molar-refractivity contribution in [2.45, 2.75) is 26.3 Å². The van der Waals surface area contributed by atoms with Gasteiger partial charge in [-0.2, -0.15) is 9.97 Å². The number of imidazole rings is 1. The van der Waals surface area contributed by atoms with E-state index in [0.29, 0.717) is 47.8 Å². The monoisotopic (exact) mass is 504 g/mol. The van der Waals surface area contributed by atoms with Gasteiger partial charge >= 0.3 is 6.01 Å². The number of halogens is 1. The van der Waals surface area contributed by atoms with Crippen LogP contribution in [0.15, 0.2) is 42.7 Å². The first kappa shape index (κ1) is 24.6. The molecule has 0 unspecified atom stereocenters. The first-order valence-electron chi connectivity index (χ1n) is 12.4. The summed E-state index contributed by atoms with van der Waals surface area (Å²) < 4.78 is 21.3. The number of nitrogens with two attached hydrogens (primary N) is 1. The number of carbonyl (C=O) groups is 1. The second-order valence-electron chi connectivity index (χ2n) is 8.91. The van der Waals surface area contributed by atoms with Crippen LogP contribution in [-0.2, 0) is 6.54 Å². The number of nitrogens with one attached hydrogen (secondary N) is 1. The number of amides is 1. The van der Waals surface area contributed by atoms with Gasteiger partial charge in [0, 0.05) is 30.4 Å². The van der Waals surface area contributed by atoms with Gasteiger partial charge in [-0.1, -0.05) is 12.1 Å². The van der Waals surface area contributed by atoms with E-state index >= 15 is 0 Å². The van der Waals surface area contributed by atoms with E-state index in [1.54, 1.807) is 12.1 Å². The molecule has 5 rings (SSSR count). The molecule has 1 saturated heterocycles. The van der Waals surface area contributed by atoms with Gasteiger partial charge < -0.3 is 25.3 Å². The Hall–Kier alpha value is -4.12. The normalized spacial score (nSPS) is 13.8. The second-order valence-corrected chi connectivity index (χ2v) is 8.91. The molecule has 4 heterocycles. The summed E-state index contributed by atoms with van der Waals surface area (Å²) in [4.78, 5) is 32.2. The third-order valence-electron chi connectivity index (χ3n) is 6.31. The summed E-state index contributed by atoms with van der Waals surface area (Å²) in [6.45, 7) is 6.24. The van der Waals surface area contributed by atoms with Crippen LogP contribution in [0.1, 0.15) is 35.7 Å². The number of fused-ring (bicyclic) bond motifs is 1. The van der Waals surface area contributed by atoms with Gasteiger partial charge in [-0.25, -0.2) is 9.37 Å². The maximum absolute atomic E-state index is 14.0. The van der Waals surface area contributed by atoms with Gasteiger partial charge in [0.25, 0.3) is 5.91 Å². The van der Waals surface area contributed by atoms with Crippen molar-refractivity contribution in [2.24, 2.45) is 0 Å². The van der Waals surface area contributed by atoms with Crippen molar-refractivity contribution in [2.75, 3.05) is 38.5 Å². The molecule has 0 saturated carbocycles. The summed E-state index contributed by atoms with van der Waals surface area (Å²) in [6.07, 6.45) is 5.12. The van der Waals surface area contributed by atoms with Gasteiger partial charge in [-0.05, 0) is 56.6 Å². The van der Waals surface area contributed by atoms with E-state index in [1.807, 2.05) is 23.6 Å². The van der Waals surface area contributed by atoms with Crippen molar-refractivity contribution in [1.29, 1.82) is 0 Å². The molecule has 0 radical (unpaired) electrons. The highest BCUT2D eigenvalue weighted by Gasteiger charge is 2.20. The lowest BCUT2D eigenvalue weighted by molar-refractivity contribution is 0.0949. The summed E-state index contributed by atoms with van der Waals surface area (Å²) in [5.74, 6) is 0.0247. The van der Waals surface area contributed by atoms with Crippen LogP contribution >= 0.6 is 0 Å². The second kappa shape index (κ2) is 10.9. The molecule has 0 bridgehead atoms. The van der Waals surface area contributed by atoms with E-state index in [1.165, 1.54) is 25.1 Å². The molecule has 1 aliphatic rings. The van der Waals surface area contributed by atoms with Crippen LogP contribution in [0.3, 0.4) is 0 Å². The summed E-state index contributed by atoms with van der Waals surface area (Å²) in [7, 11) is 0. The van der Waals surface area contributed by atoms with Gasteiger partial charge in [0.05, 0.1) is 19.3 Å². The average Bonchev–Trinajstić information content (AvgIpc) is 3.53. The number of benzene rings is 1. The molecule has 10 nitrogen and oxygen atoms in total. The third-order valence-corrected chi connectivity index (χ3v) is 6.31. The Kier molecular flexibility index (Phi) is 7.22. The van der Waals surface area contributed by atoms with Gasteiger partial charge in [0.15, 0.2) is 17.0 Å². The summed E-state index contributed by atoms with van der Waals surface area (Å²) in [5.41, 5.74) is 8.96. The van der Waals surface area contributed by atoms with E-state index in [9.17, 15) is 9.18 Å². The molecule has 1 aliphatic heterocycles. The predicted octanol–water partition coefficient (Wildman–Crippen LogP) is 2.88. The Bertz CT molecular complexity index is 1400. The smallest absolute Gasteiger partial charge is 0.320 e. The lowest BCUT2D eigenvalue weighted by Gasteiger charge is -2.14. The van der Waals surface area contributed by atoms with Gasteiger partial charge in [0.1, 0.15) is 11.6 Å². The number of aromatic nitrogens is 5. The quantitative estimate of drug-likeness (QED) is 0.357. The van der Waals surface area contributed by atoms with Crippen molar-refractivity contribution < 1.29 is 13.9 Å². The fourth-order valence-corrected chi connectivity index (χ4v) is 4.48. The molecule has 0 aliphatic carbocycles. The number of rotatable bonds is 9. The molecular weight excluding hydrogens is 475 g/mol. The molecule has 192 valence electrons. The minimum Gasteiger partial charge on any atom is -0.464 e. The van der Waals surface area contributed by atoms with Crippen molar-refractivity contribution in [3.05, 3.63) is 59.7 Å². The van der Waals surface area contributed by atoms with Crippen LogP contribution in [0, 0.1) is 5.82 Å². The predicted molar refractivity (Wildman–Crippen MR) is 138 cm³/mol. The van der Waals surface area contributed by atoms with Crippen LogP contribution < -0.4 is 15.8 Å². The maximum atomic E-state index is 14.0. The van der Waals surface area contributed by atoms with Gasteiger partial charge in [-0.3, -0.25) is 9.78 Å². The molecule has 3 N–H and O–H groups in total. The lowest BCUT2D eigenvalue weighted by Crippen LogP contribution is -2.33. The maximum Gasteiger partial charge on any atom is 0.320 e. The Morgan fingerprint density at radius 2 is 1.92 bits per heavy atom. The molecule has 1 fully saturated rings. The van der Waals surface area contributed by atoms with E-state index in [2.05, 4.69) is 30.2 Å². The summed E-state index contributed by atoms with van der Waals surface area (Å²) in [5, 5.41) is 2.99. The number of nitrogen functional groups attached to an aromatic ring is 1. The Morgan fingerprint density at radius 1 is 1.14 bits per heavy atom. The molecule has 0 atom stereocenters. The van der Waals surface area contributed by atoms with Crippen molar-refractivity contribution in [3.8, 4) is 17.4 Å². The number of hydrogen-bond acceptors (Lipinski definition) is 8. The van der Waals surface area contributed by atoms with Crippen LogP contribution in [0.5, 0.6) is 6.01 Å².